The van der Waals surface area contributed by atoms with Gasteiger partial charge in [0.15, 0.2) is 0 Å². The summed E-state index contributed by atoms with van der Waals surface area (Å²) in [6.07, 6.45) is 3.76. The summed E-state index contributed by atoms with van der Waals surface area (Å²) in [7, 11) is 0. The predicted molar refractivity (Wildman–Crippen MR) is 60.6 cm³/mol. The van der Waals surface area contributed by atoms with Gasteiger partial charge in [0, 0.05) is 24.0 Å². The Morgan fingerprint density at radius 3 is 2.43 bits per heavy atom. The molecule has 1 aromatic rings. The summed E-state index contributed by atoms with van der Waals surface area (Å²) in [4.78, 5) is 3.86. The van der Waals surface area contributed by atoms with Gasteiger partial charge in [0.2, 0.25) is 0 Å². The zero-order chi connectivity index (χ0) is 10.7. The van der Waals surface area contributed by atoms with E-state index in [0.717, 1.165) is 11.1 Å². The molecule has 4 heteroatoms. The third-order valence-corrected chi connectivity index (χ3v) is 2.43. The molecule has 1 heterocycles. The van der Waals surface area contributed by atoms with Crippen LogP contribution in [0.15, 0.2) is 24.5 Å². The van der Waals surface area contributed by atoms with Crippen LogP contribution in [0.5, 0.6) is 0 Å². The SMILES string of the molecule is C=C(C)C[C@H](N)c1c(Cl)cncc1Cl. The van der Waals surface area contributed by atoms with Crippen LogP contribution in [-0.4, -0.2) is 4.98 Å². The van der Waals surface area contributed by atoms with Gasteiger partial charge in [0.05, 0.1) is 10.0 Å². The number of halogens is 2. The Kier molecular flexibility index (Phi) is 3.93. The highest BCUT2D eigenvalue weighted by molar-refractivity contribution is 6.35. The molecule has 0 radical (unpaired) electrons. The maximum absolute atomic E-state index is 5.95. The molecule has 0 fully saturated rings. The average Bonchev–Trinajstić information content (AvgIpc) is 2.01. The molecule has 0 saturated carbocycles. The quantitative estimate of drug-likeness (QED) is 0.810. The lowest BCUT2D eigenvalue weighted by atomic mass is 10.0. The fourth-order valence-corrected chi connectivity index (χ4v) is 1.90. The lowest BCUT2D eigenvalue weighted by Crippen LogP contribution is -2.11. The summed E-state index contributed by atoms with van der Waals surface area (Å²) in [5.41, 5.74) is 7.68. The van der Waals surface area contributed by atoms with Gasteiger partial charge in [-0.3, -0.25) is 4.98 Å². The van der Waals surface area contributed by atoms with Crippen molar-refractivity contribution >= 4 is 23.2 Å². The molecule has 0 amide bonds. The fourth-order valence-electron chi connectivity index (χ4n) is 1.25. The monoisotopic (exact) mass is 230 g/mol. The number of rotatable bonds is 3. The summed E-state index contributed by atoms with van der Waals surface area (Å²) >= 11 is 11.9. The minimum atomic E-state index is -0.213. The summed E-state index contributed by atoms with van der Waals surface area (Å²) in [5, 5.41) is 1.01. The van der Waals surface area contributed by atoms with Gasteiger partial charge in [-0.1, -0.05) is 28.8 Å². The van der Waals surface area contributed by atoms with E-state index < -0.39 is 0 Å². The highest BCUT2D eigenvalue weighted by Gasteiger charge is 2.14. The summed E-state index contributed by atoms with van der Waals surface area (Å²) in [6, 6.07) is -0.213. The Bertz CT molecular complexity index is 330. The van der Waals surface area contributed by atoms with Crippen molar-refractivity contribution < 1.29 is 0 Å². The van der Waals surface area contributed by atoms with E-state index in [9.17, 15) is 0 Å². The molecule has 0 aliphatic carbocycles. The molecule has 2 N–H and O–H groups in total. The molecule has 0 spiro atoms. The van der Waals surface area contributed by atoms with Crippen molar-refractivity contribution in [3.63, 3.8) is 0 Å². The maximum Gasteiger partial charge on any atom is 0.0652 e. The van der Waals surface area contributed by atoms with E-state index >= 15 is 0 Å². The van der Waals surface area contributed by atoms with Gasteiger partial charge in [-0.25, -0.2) is 0 Å². The molecule has 76 valence electrons. The van der Waals surface area contributed by atoms with Gasteiger partial charge in [-0.2, -0.15) is 0 Å². The van der Waals surface area contributed by atoms with E-state index in [4.69, 9.17) is 28.9 Å². The first-order valence-corrected chi connectivity index (χ1v) is 4.97. The molecule has 0 aliphatic rings. The van der Waals surface area contributed by atoms with Crippen LogP contribution < -0.4 is 5.73 Å². The predicted octanol–water partition coefficient (Wildman–Crippen LogP) is 3.35. The van der Waals surface area contributed by atoms with Gasteiger partial charge >= 0.3 is 0 Å². The normalized spacial score (nSPS) is 12.6. The third kappa shape index (κ3) is 2.71. The van der Waals surface area contributed by atoms with Gasteiger partial charge < -0.3 is 5.73 Å². The summed E-state index contributed by atoms with van der Waals surface area (Å²) < 4.78 is 0. The Morgan fingerprint density at radius 1 is 1.50 bits per heavy atom. The number of nitrogens with two attached hydrogens (primary N) is 1. The van der Waals surface area contributed by atoms with E-state index in [1.165, 1.54) is 0 Å². The van der Waals surface area contributed by atoms with Crippen molar-refractivity contribution in [2.24, 2.45) is 5.73 Å². The zero-order valence-electron chi connectivity index (χ0n) is 7.93. The van der Waals surface area contributed by atoms with E-state index in [2.05, 4.69) is 11.6 Å². The van der Waals surface area contributed by atoms with Crippen molar-refractivity contribution in [3.8, 4) is 0 Å². The number of hydrogen-bond donors (Lipinski definition) is 1. The van der Waals surface area contributed by atoms with Crippen LogP contribution in [0.4, 0.5) is 0 Å². The average molecular weight is 231 g/mol. The number of nitrogens with zero attached hydrogens (tertiary/aromatic N) is 1. The highest BCUT2D eigenvalue weighted by atomic mass is 35.5. The van der Waals surface area contributed by atoms with Crippen molar-refractivity contribution in [2.75, 3.05) is 0 Å². The molecule has 0 aliphatic heterocycles. The van der Waals surface area contributed by atoms with Crippen molar-refractivity contribution in [1.29, 1.82) is 0 Å². The van der Waals surface area contributed by atoms with Crippen LogP contribution in [0.2, 0.25) is 10.0 Å². The summed E-state index contributed by atoms with van der Waals surface area (Å²) in [5.74, 6) is 0. The van der Waals surface area contributed by atoms with Gasteiger partial charge in [0.25, 0.3) is 0 Å². The van der Waals surface area contributed by atoms with Crippen molar-refractivity contribution in [3.05, 3.63) is 40.2 Å². The van der Waals surface area contributed by atoms with Crippen LogP contribution in [-0.2, 0) is 0 Å². The van der Waals surface area contributed by atoms with Crippen LogP contribution in [0.25, 0.3) is 0 Å². The first kappa shape index (κ1) is 11.5. The topological polar surface area (TPSA) is 38.9 Å². The Balaban J connectivity index is 2.99. The molecule has 0 aromatic carbocycles. The minimum Gasteiger partial charge on any atom is -0.324 e. The molecule has 14 heavy (non-hydrogen) atoms. The van der Waals surface area contributed by atoms with Gasteiger partial charge in [0.1, 0.15) is 0 Å². The maximum atomic E-state index is 5.95. The first-order valence-electron chi connectivity index (χ1n) is 4.21. The number of aromatic nitrogens is 1. The number of hydrogen-bond acceptors (Lipinski definition) is 2. The summed E-state index contributed by atoms with van der Waals surface area (Å²) in [6.45, 7) is 5.72. The van der Waals surface area contributed by atoms with E-state index in [0.29, 0.717) is 16.5 Å². The standard InChI is InChI=1S/C10H12Cl2N2/c1-6(2)3-9(13)10-7(11)4-14-5-8(10)12/h4-5,9H,1,3,13H2,2H3/t9-/m0/s1. The Hall–Kier alpha value is -0.570. The minimum absolute atomic E-state index is 0.213. The molecule has 1 atom stereocenters. The van der Waals surface area contributed by atoms with E-state index in [-0.39, 0.29) is 6.04 Å². The second-order valence-corrected chi connectivity index (χ2v) is 4.10. The molecular formula is C10H12Cl2N2. The van der Waals surface area contributed by atoms with Gasteiger partial charge in [-0.05, 0) is 13.3 Å². The zero-order valence-corrected chi connectivity index (χ0v) is 9.44. The van der Waals surface area contributed by atoms with Crippen molar-refractivity contribution in [1.82, 2.24) is 4.98 Å². The molecule has 0 unspecified atom stereocenters. The van der Waals surface area contributed by atoms with Crippen LogP contribution in [0.3, 0.4) is 0 Å². The van der Waals surface area contributed by atoms with Gasteiger partial charge in [-0.15, -0.1) is 6.58 Å². The highest BCUT2D eigenvalue weighted by Crippen LogP contribution is 2.30. The van der Waals surface area contributed by atoms with Crippen LogP contribution in [0, 0.1) is 0 Å². The molecule has 0 bridgehead atoms. The third-order valence-electron chi connectivity index (χ3n) is 1.83. The molecule has 1 aromatic heterocycles. The van der Waals surface area contributed by atoms with Crippen LogP contribution >= 0.6 is 23.2 Å². The second kappa shape index (κ2) is 4.78. The first-order chi connectivity index (χ1) is 6.52. The van der Waals surface area contributed by atoms with Crippen molar-refractivity contribution in [2.45, 2.75) is 19.4 Å². The lowest BCUT2D eigenvalue weighted by molar-refractivity contribution is 0.716. The lowest BCUT2D eigenvalue weighted by Gasteiger charge is -2.14. The van der Waals surface area contributed by atoms with E-state index in [1.54, 1.807) is 12.4 Å². The van der Waals surface area contributed by atoms with E-state index in [1.807, 2.05) is 6.92 Å². The largest absolute Gasteiger partial charge is 0.324 e. The Morgan fingerprint density at radius 2 is 2.00 bits per heavy atom. The molecule has 2 nitrogen and oxygen atoms in total. The van der Waals surface area contributed by atoms with Crippen LogP contribution in [0.1, 0.15) is 24.9 Å². The Labute approximate surface area is 93.7 Å². The smallest absolute Gasteiger partial charge is 0.0652 e. The second-order valence-electron chi connectivity index (χ2n) is 3.28. The number of pyridine rings is 1. The molecular weight excluding hydrogens is 219 g/mol. The molecule has 1 rings (SSSR count). The fraction of sp³-hybridized carbons (Fsp3) is 0.300. The molecule has 0 saturated heterocycles.